The first-order chi connectivity index (χ1) is 6.31. The molecule has 0 aliphatic carbocycles. The molecule has 0 atom stereocenters. The Hall–Kier alpha value is -2.04. The van der Waals surface area contributed by atoms with Crippen molar-refractivity contribution < 1.29 is 9.90 Å². The number of anilines is 2. The molecule has 0 unspecified atom stereocenters. The summed E-state index contributed by atoms with van der Waals surface area (Å²) < 4.78 is 0. The van der Waals surface area contributed by atoms with Crippen molar-refractivity contribution in [2.45, 2.75) is 0 Å². The molecule has 0 aromatic carbocycles. The van der Waals surface area contributed by atoms with Crippen LogP contribution in [0, 0.1) is 0 Å². The minimum Gasteiger partial charge on any atom is -0.513 e. The molecule has 0 saturated carbocycles. The number of fused-ring (bicyclic) bond motifs is 1. The summed E-state index contributed by atoms with van der Waals surface area (Å²) in [5.41, 5.74) is 0.780. The maximum atomic E-state index is 11.1. The van der Waals surface area contributed by atoms with Gasteiger partial charge in [-0.2, -0.15) is 0 Å². The van der Waals surface area contributed by atoms with Crippen molar-refractivity contribution in [1.29, 1.82) is 0 Å². The zero-order chi connectivity index (χ0) is 9.26. The van der Waals surface area contributed by atoms with E-state index in [1.807, 2.05) is 0 Å². The maximum absolute atomic E-state index is 11.1. The largest absolute Gasteiger partial charge is 0.513 e. The number of pyridine rings is 1. The molecule has 2 rings (SSSR count). The van der Waals surface area contributed by atoms with Crippen LogP contribution in [0.2, 0.25) is 0 Å². The van der Waals surface area contributed by atoms with Crippen LogP contribution >= 0.6 is 0 Å². The van der Waals surface area contributed by atoms with E-state index in [9.17, 15) is 4.79 Å². The molecule has 1 aliphatic heterocycles. The van der Waals surface area contributed by atoms with Crippen molar-refractivity contribution in [2.75, 3.05) is 10.6 Å². The van der Waals surface area contributed by atoms with E-state index in [2.05, 4.69) is 15.6 Å². The molecule has 1 aromatic heterocycles. The molecular weight excluding hydrogens is 170 g/mol. The average Bonchev–Trinajstić information content (AvgIpc) is 2.17. The molecule has 1 aliphatic rings. The molecule has 13 heavy (non-hydrogen) atoms. The number of aliphatic hydroxyl groups is 1. The Morgan fingerprint density at radius 2 is 2.31 bits per heavy atom. The Bertz CT molecular complexity index is 387. The van der Waals surface area contributed by atoms with Crippen molar-refractivity contribution in [3.05, 3.63) is 30.3 Å². The first-order valence-electron chi connectivity index (χ1n) is 3.69. The molecule has 66 valence electrons. The van der Waals surface area contributed by atoms with Crippen LogP contribution in [0.4, 0.5) is 11.5 Å². The number of hydrogen-bond donors (Lipinski definition) is 3. The Morgan fingerprint density at radius 1 is 1.46 bits per heavy atom. The number of carbonyl (C=O) groups excluding carboxylic acids is 1. The molecule has 0 bridgehead atoms. The first kappa shape index (κ1) is 7.60. The lowest BCUT2D eigenvalue weighted by Gasteiger charge is -2.18. The lowest BCUT2D eigenvalue weighted by Crippen LogP contribution is -2.26. The van der Waals surface area contributed by atoms with Gasteiger partial charge < -0.3 is 15.7 Å². The zero-order valence-electron chi connectivity index (χ0n) is 6.61. The Balaban J connectivity index is 2.44. The van der Waals surface area contributed by atoms with Crippen molar-refractivity contribution in [3.63, 3.8) is 0 Å². The molecular formula is C8H7N3O2. The quantitative estimate of drug-likeness (QED) is 0.405. The van der Waals surface area contributed by atoms with Crippen LogP contribution in [0.5, 0.6) is 0 Å². The molecule has 1 aromatic rings. The van der Waals surface area contributed by atoms with Crippen molar-refractivity contribution >= 4 is 17.4 Å². The van der Waals surface area contributed by atoms with Crippen LogP contribution in [0.15, 0.2) is 30.3 Å². The number of hydrogen-bond acceptors (Lipinski definition) is 4. The van der Waals surface area contributed by atoms with E-state index in [1.54, 1.807) is 18.3 Å². The van der Waals surface area contributed by atoms with Gasteiger partial charge >= 0.3 is 0 Å². The number of carbonyl (C=O) groups is 1. The fourth-order valence-electron chi connectivity index (χ4n) is 1.07. The summed E-state index contributed by atoms with van der Waals surface area (Å²) in [5, 5.41) is 13.9. The molecule has 3 N–H and O–H groups in total. The van der Waals surface area contributed by atoms with Crippen LogP contribution < -0.4 is 10.6 Å². The van der Waals surface area contributed by atoms with E-state index in [0.29, 0.717) is 11.5 Å². The molecule has 1 amide bonds. The standard InChI is InChI=1S/C8H7N3O2/c12-4-6-8(13)11-7-5(10-6)2-1-3-9-7/h1-4,10,12H,(H,9,11,13). The third-order valence-electron chi connectivity index (χ3n) is 1.68. The van der Waals surface area contributed by atoms with E-state index < -0.39 is 5.91 Å². The SMILES string of the molecule is O=C1Nc2ncccc2NC1=CO. The lowest BCUT2D eigenvalue weighted by atomic mass is 10.3. The van der Waals surface area contributed by atoms with E-state index >= 15 is 0 Å². The smallest absolute Gasteiger partial charge is 0.276 e. The number of amides is 1. The number of nitrogens with zero attached hydrogens (tertiary/aromatic N) is 1. The normalized spacial score (nSPS) is 17.5. The highest BCUT2D eigenvalue weighted by Gasteiger charge is 2.19. The van der Waals surface area contributed by atoms with E-state index in [0.717, 1.165) is 6.26 Å². The topological polar surface area (TPSA) is 74.2 Å². The van der Waals surface area contributed by atoms with Gasteiger partial charge in [0.2, 0.25) is 0 Å². The van der Waals surface area contributed by atoms with Gasteiger partial charge in [0, 0.05) is 6.20 Å². The minimum absolute atomic E-state index is 0.112. The van der Waals surface area contributed by atoms with Crippen LogP contribution in [0.1, 0.15) is 0 Å². The Labute approximate surface area is 74.1 Å². The van der Waals surface area contributed by atoms with E-state index in [-0.39, 0.29) is 5.70 Å². The summed E-state index contributed by atoms with van der Waals surface area (Å²) >= 11 is 0. The summed E-state index contributed by atoms with van der Waals surface area (Å²) in [6, 6.07) is 3.49. The van der Waals surface area contributed by atoms with Gasteiger partial charge in [-0.1, -0.05) is 0 Å². The lowest BCUT2D eigenvalue weighted by molar-refractivity contribution is -0.112. The minimum atomic E-state index is -0.395. The monoisotopic (exact) mass is 177 g/mol. The number of nitrogens with one attached hydrogen (secondary N) is 2. The second-order valence-electron chi connectivity index (χ2n) is 2.52. The van der Waals surface area contributed by atoms with Gasteiger partial charge in [-0.05, 0) is 12.1 Å². The highest BCUT2D eigenvalue weighted by molar-refractivity contribution is 6.09. The van der Waals surface area contributed by atoms with Gasteiger partial charge in [-0.15, -0.1) is 0 Å². The summed E-state index contributed by atoms with van der Waals surface area (Å²) in [7, 11) is 0. The fourth-order valence-corrected chi connectivity index (χ4v) is 1.07. The molecule has 0 radical (unpaired) electrons. The van der Waals surface area contributed by atoms with Crippen LogP contribution in [0.25, 0.3) is 0 Å². The molecule has 0 spiro atoms. The van der Waals surface area contributed by atoms with Gasteiger partial charge in [0.15, 0.2) is 5.82 Å². The van der Waals surface area contributed by atoms with Gasteiger partial charge in [-0.25, -0.2) is 4.98 Å². The Morgan fingerprint density at radius 3 is 3.08 bits per heavy atom. The van der Waals surface area contributed by atoms with Crippen LogP contribution in [-0.4, -0.2) is 16.0 Å². The van der Waals surface area contributed by atoms with Crippen LogP contribution in [-0.2, 0) is 4.79 Å². The van der Waals surface area contributed by atoms with E-state index in [4.69, 9.17) is 5.11 Å². The van der Waals surface area contributed by atoms with Gasteiger partial charge in [0.25, 0.3) is 5.91 Å². The number of aliphatic hydroxyl groups excluding tert-OH is 1. The molecule has 5 heteroatoms. The third-order valence-corrected chi connectivity index (χ3v) is 1.68. The molecule has 0 fully saturated rings. The van der Waals surface area contributed by atoms with Crippen molar-refractivity contribution in [3.8, 4) is 0 Å². The predicted molar refractivity (Wildman–Crippen MR) is 47.2 cm³/mol. The average molecular weight is 177 g/mol. The maximum Gasteiger partial charge on any atom is 0.276 e. The fraction of sp³-hybridized carbons (Fsp3) is 0. The highest BCUT2D eigenvalue weighted by Crippen LogP contribution is 2.24. The second kappa shape index (κ2) is 2.78. The number of rotatable bonds is 0. The van der Waals surface area contributed by atoms with Gasteiger partial charge in [0.1, 0.15) is 12.0 Å². The van der Waals surface area contributed by atoms with Crippen molar-refractivity contribution in [2.24, 2.45) is 0 Å². The van der Waals surface area contributed by atoms with Gasteiger partial charge in [-0.3, -0.25) is 4.79 Å². The highest BCUT2D eigenvalue weighted by atomic mass is 16.2. The van der Waals surface area contributed by atoms with E-state index in [1.165, 1.54) is 0 Å². The summed E-state index contributed by atoms with van der Waals surface area (Å²) in [5.74, 6) is 0.0757. The summed E-state index contributed by atoms with van der Waals surface area (Å²) in [6.07, 6.45) is 2.31. The van der Waals surface area contributed by atoms with Crippen molar-refractivity contribution in [1.82, 2.24) is 4.98 Å². The summed E-state index contributed by atoms with van der Waals surface area (Å²) in [4.78, 5) is 15.1. The first-order valence-corrected chi connectivity index (χ1v) is 3.69. The summed E-state index contributed by atoms with van der Waals surface area (Å²) in [6.45, 7) is 0. The molecule has 0 saturated heterocycles. The van der Waals surface area contributed by atoms with Crippen LogP contribution in [0.3, 0.4) is 0 Å². The predicted octanol–water partition coefficient (Wildman–Crippen LogP) is 0.845. The molecule has 2 heterocycles. The van der Waals surface area contributed by atoms with Gasteiger partial charge in [0.05, 0.1) is 5.69 Å². The zero-order valence-corrected chi connectivity index (χ0v) is 6.61. The second-order valence-corrected chi connectivity index (χ2v) is 2.52. The third kappa shape index (κ3) is 1.20. The number of aromatic nitrogens is 1. The molecule has 5 nitrogen and oxygen atoms in total. The Kier molecular flexibility index (Phi) is 1.63.